The molecule has 0 unspecified atom stereocenters. The van der Waals surface area contributed by atoms with Crippen molar-refractivity contribution >= 4 is 32.6 Å². The largest absolute Gasteiger partial charge is 0.292 e. The molecule has 2 nitrogen and oxygen atoms in total. The minimum absolute atomic E-state index is 1.16. The first kappa shape index (κ1) is 18.7. The molecule has 0 amide bonds. The molecule has 0 spiro atoms. The van der Waals surface area contributed by atoms with Crippen molar-refractivity contribution in [3.8, 4) is 11.4 Å². The van der Waals surface area contributed by atoms with Gasteiger partial charge in [0.2, 0.25) is 23.8 Å². The Morgan fingerprint density at radius 1 is 0.438 bits per heavy atom. The van der Waals surface area contributed by atoms with Gasteiger partial charge in [0.05, 0.1) is 10.8 Å². The van der Waals surface area contributed by atoms with Crippen LogP contribution in [0.1, 0.15) is 11.1 Å². The van der Waals surface area contributed by atoms with Gasteiger partial charge in [0, 0.05) is 24.3 Å². The van der Waals surface area contributed by atoms with Crippen LogP contribution in [0, 0.1) is 13.8 Å². The van der Waals surface area contributed by atoms with Crippen LogP contribution in [0.15, 0.2) is 109 Å². The molecule has 0 aliphatic carbocycles. The second-order valence-corrected chi connectivity index (χ2v) is 8.50. The zero-order valence-electron chi connectivity index (χ0n) is 18.3. The smallest absolute Gasteiger partial charge is 0.148 e. The first-order chi connectivity index (χ1) is 15.7. The summed E-state index contributed by atoms with van der Waals surface area (Å²) in [6.45, 7) is 4.34. The molecule has 0 aliphatic heterocycles. The number of nitrogens with zero attached hydrogens (tertiary/aromatic N) is 2. The molecule has 152 valence electrons. The molecule has 0 saturated heterocycles. The molecule has 0 atom stereocenters. The molecule has 0 N–H and O–H groups in total. The predicted octanol–water partition coefficient (Wildman–Crippen LogP) is 6.32. The lowest BCUT2D eigenvalue weighted by atomic mass is 9.96. The van der Waals surface area contributed by atoms with E-state index < -0.39 is 0 Å². The van der Waals surface area contributed by atoms with Gasteiger partial charge in [-0.15, -0.1) is 9.13 Å². The number of rotatable bonds is 2. The van der Waals surface area contributed by atoms with Gasteiger partial charge >= 0.3 is 0 Å². The van der Waals surface area contributed by atoms with Crippen LogP contribution in [0.2, 0.25) is 0 Å². The monoisotopic (exact) mass is 412 g/mol. The van der Waals surface area contributed by atoms with Crippen LogP contribution in [0.25, 0.3) is 44.0 Å². The second kappa shape index (κ2) is 7.28. The average Bonchev–Trinajstić information content (AvgIpc) is 2.84. The van der Waals surface area contributed by atoms with Crippen molar-refractivity contribution < 1.29 is 9.13 Å². The van der Waals surface area contributed by atoms with Gasteiger partial charge in [-0.3, -0.25) is 0 Å². The van der Waals surface area contributed by atoms with Gasteiger partial charge in [-0.25, -0.2) is 0 Å². The lowest BCUT2D eigenvalue weighted by Crippen LogP contribution is -2.41. The van der Waals surface area contributed by atoms with Crippen molar-refractivity contribution in [1.82, 2.24) is 0 Å². The number of aromatic nitrogens is 2. The second-order valence-electron chi connectivity index (χ2n) is 8.50. The Balaban J connectivity index is 1.93. The zero-order valence-corrected chi connectivity index (χ0v) is 18.3. The third kappa shape index (κ3) is 2.88. The summed E-state index contributed by atoms with van der Waals surface area (Å²) in [5.41, 5.74) is 7.29. The fraction of sp³-hybridized carbons (Fsp3) is 0.0667. The van der Waals surface area contributed by atoms with E-state index in [2.05, 4.69) is 132 Å². The maximum absolute atomic E-state index is 2.33. The molecular weight excluding hydrogens is 388 g/mol. The van der Waals surface area contributed by atoms with E-state index in [0.717, 1.165) is 11.4 Å². The quantitative estimate of drug-likeness (QED) is 0.232. The molecule has 6 aromatic rings. The Kier molecular flexibility index (Phi) is 4.26. The van der Waals surface area contributed by atoms with Crippen molar-refractivity contribution in [2.75, 3.05) is 0 Å². The van der Waals surface area contributed by atoms with E-state index in [9.17, 15) is 0 Å². The Bertz CT molecular complexity index is 1490. The molecule has 1 heterocycles. The zero-order chi connectivity index (χ0) is 21.7. The summed E-state index contributed by atoms with van der Waals surface area (Å²) in [4.78, 5) is 0. The van der Waals surface area contributed by atoms with Crippen molar-refractivity contribution in [3.05, 3.63) is 121 Å². The summed E-state index contributed by atoms with van der Waals surface area (Å²) in [7, 11) is 0. The molecular formula is C30H24N2+2. The van der Waals surface area contributed by atoms with Crippen LogP contribution in [0.3, 0.4) is 0 Å². The first-order valence-electron chi connectivity index (χ1n) is 11.0. The summed E-state index contributed by atoms with van der Waals surface area (Å²) in [5.74, 6) is 0. The molecule has 0 saturated carbocycles. The fourth-order valence-electron chi connectivity index (χ4n) is 4.81. The third-order valence-electron chi connectivity index (χ3n) is 6.29. The van der Waals surface area contributed by atoms with Gasteiger partial charge in [-0.1, -0.05) is 71.8 Å². The highest BCUT2D eigenvalue weighted by Gasteiger charge is 2.28. The molecule has 5 aromatic carbocycles. The first-order valence-corrected chi connectivity index (χ1v) is 11.0. The van der Waals surface area contributed by atoms with E-state index in [1.54, 1.807) is 0 Å². The predicted molar refractivity (Wildman–Crippen MR) is 131 cm³/mol. The minimum Gasteiger partial charge on any atom is -0.148 e. The number of fused-ring (bicyclic) bond motifs is 6. The highest BCUT2D eigenvalue weighted by molar-refractivity contribution is 6.21. The number of hydrogen-bond acceptors (Lipinski definition) is 0. The van der Waals surface area contributed by atoms with Crippen molar-refractivity contribution in [2.45, 2.75) is 13.8 Å². The fourth-order valence-corrected chi connectivity index (χ4v) is 4.81. The Labute approximate surface area is 187 Å². The van der Waals surface area contributed by atoms with Crippen LogP contribution in [0.4, 0.5) is 0 Å². The van der Waals surface area contributed by atoms with E-state index in [0.29, 0.717) is 0 Å². The average molecular weight is 413 g/mol. The van der Waals surface area contributed by atoms with E-state index in [1.807, 2.05) is 0 Å². The normalized spacial score (nSPS) is 11.4. The van der Waals surface area contributed by atoms with Crippen LogP contribution in [-0.4, -0.2) is 0 Å². The van der Waals surface area contributed by atoms with Gasteiger partial charge in [0.1, 0.15) is 0 Å². The summed E-state index contributed by atoms with van der Waals surface area (Å²) in [6, 6.07) is 34.9. The number of para-hydroxylation sites is 2. The summed E-state index contributed by atoms with van der Waals surface area (Å²) < 4.78 is 4.66. The van der Waals surface area contributed by atoms with Crippen molar-refractivity contribution in [1.29, 1.82) is 0 Å². The molecule has 0 bridgehead atoms. The van der Waals surface area contributed by atoms with E-state index >= 15 is 0 Å². The third-order valence-corrected chi connectivity index (χ3v) is 6.29. The summed E-state index contributed by atoms with van der Waals surface area (Å²) >= 11 is 0. The molecule has 0 fully saturated rings. The maximum atomic E-state index is 2.33. The van der Waals surface area contributed by atoms with Gasteiger partial charge in [-0.2, -0.15) is 0 Å². The number of aryl methyl sites for hydroxylation is 2. The Morgan fingerprint density at radius 2 is 0.844 bits per heavy atom. The molecule has 0 radical (unpaired) electrons. The van der Waals surface area contributed by atoms with E-state index in [-0.39, 0.29) is 0 Å². The molecule has 0 aliphatic rings. The minimum atomic E-state index is 1.16. The standard InChI is InChI=1S/C30H24N2/c1-21-13-15-25-26-16-14-22(2)20-28(26)30-29(27(25)19-21)31(23-9-5-3-6-10-23)17-18-32(30)24-11-7-4-8-12-24/h3-20H,1-2H3/q+2. The van der Waals surface area contributed by atoms with Crippen molar-refractivity contribution in [3.63, 3.8) is 0 Å². The van der Waals surface area contributed by atoms with Gasteiger partial charge < -0.3 is 0 Å². The van der Waals surface area contributed by atoms with Gasteiger partial charge in [0.15, 0.2) is 0 Å². The van der Waals surface area contributed by atoms with Crippen LogP contribution >= 0.6 is 0 Å². The lowest BCUT2D eigenvalue weighted by molar-refractivity contribution is -0.618. The van der Waals surface area contributed by atoms with Crippen LogP contribution in [-0.2, 0) is 0 Å². The van der Waals surface area contributed by atoms with Gasteiger partial charge in [-0.05, 0) is 36.8 Å². The lowest BCUT2D eigenvalue weighted by Gasteiger charge is -2.10. The Hall–Kier alpha value is -4.04. The highest BCUT2D eigenvalue weighted by atomic mass is 15.1. The molecule has 6 rings (SSSR count). The molecule has 1 aromatic heterocycles. The van der Waals surface area contributed by atoms with Gasteiger partial charge in [0.25, 0.3) is 11.0 Å². The number of hydrogen-bond donors (Lipinski definition) is 0. The van der Waals surface area contributed by atoms with E-state index in [4.69, 9.17) is 0 Å². The van der Waals surface area contributed by atoms with Crippen LogP contribution in [0.5, 0.6) is 0 Å². The highest BCUT2D eigenvalue weighted by Crippen LogP contribution is 2.33. The number of benzene rings is 5. The summed E-state index contributed by atoms with van der Waals surface area (Å²) in [5, 5.41) is 5.11. The summed E-state index contributed by atoms with van der Waals surface area (Å²) in [6.07, 6.45) is 4.38. The van der Waals surface area contributed by atoms with Crippen LogP contribution < -0.4 is 9.13 Å². The SMILES string of the molecule is Cc1ccc2c3ccc(C)cc3c3c(c2c1)[n+](-c1ccccc1)cc[n+]3-c1ccccc1. The molecule has 2 heteroatoms. The Morgan fingerprint density at radius 3 is 1.25 bits per heavy atom. The van der Waals surface area contributed by atoms with E-state index in [1.165, 1.54) is 43.7 Å². The maximum Gasteiger partial charge on any atom is 0.292 e. The molecule has 32 heavy (non-hydrogen) atoms. The topological polar surface area (TPSA) is 7.76 Å². The van der Waals surface area contributed by atoms with Crippen molar-refractivity contribution in [2.24, 2.45) is 0 Å².